The number of hydrogen-bond donors (Lipinski definition) is 2. The van der Waals surface area contributed by atoms with Crippen molar-refractivity contribution in [3.05, 3.63) is 76.6 Å². The number of carbonyl (C=O) groups excluding carboxylic acids is 1. The van der Waals surface area contributed by atoms with Crippen molar-refractivity contribution in [1.82, 2.24) is 25.5 Å². The fraction of sp³-hybridized carbons (Fsp3) is 0.364. The number of nitrogens with one attached hydrogen (secondary N) is 1. The van der Waals surface area contributed by atoms with Gasteiger partial charge >= 0.3 is 5.97 Å². The van der Waals surface area contributed by atoms with Crippen LogP contribution >= 0.6 is 0 Å². The first kappa shape index (κ1) is 21.6. The molecule has 0 aliphatic heterocycles. The number of nitrogens with zero attached hydrogens (tertiary/aromatic N) is 4. The van der Waals surface area contributed by atoms with E-state index in [4.69, 9.17) is 10.5 Å². The summed E-state index contributed by atoms with van der Waals surface area (Å²) in [6.45, 7) is 4.01. The molecule has 0 spiro atoms. The highest BCUT2D eigenvalue weighted by atomic mass is 16.5. The van der Waals surface area contributed by atoms with Crippen LogP contribution in [0.2, 0.25) is 0 Å². The Balaban J connectivity index is 1.88. The normalized spacial score (nSPS) is 12.0. The van der Waals surface area contributed by atoms with Crippen molar-refractivity contribution in [2.45, 2.75) is 45.4 Å². The Bertz CT molecular complexity index is 954. The molecule has 1 unspecified atom stereocenters. The number of carbonyl (C=O) groups is 1. The maximum Gasteiger partial charge on any atom is 0.337 e. The Kier molecular flexibility index (Phi) is 7.64. The number of tetrazole rings is 1. The SMILES string of the molecule is CCCCn1nnnc1C(NCc1cccc(CN)c1)c1ccc(C(=O)OC)cc1. The third kappa shape index (κ3) is 5.28. The van der Waals surface area contributed by atoms with Gasteiger partial charge in [0.25, 0.3) is 0 Å². The van der Waals surface area contributed by atoms with Crippen LogP contribution in [-0.2, 0) is 24.4 Å². The Morgan fingerprint density at radius 3 is 2.67 bits per heavy atom. The van der Waals surface area contributed by atoms with Crippen LogP contribution in [0.15, 0.2) is 48.5 Å². The van der Waals surface area contributed by atoms with Crippen molar-refractivity contribution < 1.29 is 9.53 Å². The quantitative estimate of drug-likeness (QED) is 0.496. The molecule has 158 valence electrons. The average molecular weight is 409 g/mol. The number of ether oxygens (including phenoxy) is 1. The molecule has 0 amide bonds. The summed E-state index contributed by atoms with van der Waals surface area (Å²) in [7, 11) is 1.37. The highest BCUT2D eigenvalue weighted by molar-refractivity contribution is 5.89. The van der Waals surface area contributed by atoms with Gasteiger partial charge in [0.1, 0.15) is 0 Å². The van der Waals surface area contributed by atoms with Crippen molar-refractivity contribution in [2.75, 3.05) is 7.11 Å². The van der Waals surface area contributed by atoms with Crippen molar-refractivity contribution in [3.8, 4) is 0 Å². The second-order valence-electron chi connectivity index (χ2n) is 7.07. The first-order valence-corrected chi connectivity index (χ1v) is 10.1. The first-order valence-electron chi connectivity index (χ1n) is 10.1. The summed E-state index contributed by atoms with van der Waals surface area (Å²) in [5, 5.41) is 15.9. The molecule has 0 aliphatic rings. The van der Waals surface area contributed by atoms with Gasteiger partial charge in [-0.2, -0.15) is 0 Å². The molecule has 0 aliphatic carbocycles. The molecule has 0 radical (unpaired) electrons. The Morgan fingerprint density at radius 2 is 1.97 bits per heavy atom. The molecular formula is C22H28N6O2. The summed E-state index contributed by atoms with van der Waals surface area (Å²) in [4.78, 5) is 11.8. The number of methoxy groups -OCH3 is 1. The van der Waals surface area contributed by atoms with E-state index in [0.29, 0.717) is 18.7 Å². The van der Waals surface area contributed by atoms with Gasteiger partial charge < -0.3 is 10.5 Å². The van der Waals surface area contributed by atoms with E-state index >= 15 is 0 Å². The standard InChI is InChI=1S/C22H28N6O2/c1-3-4-12-28-21(25-26-27-28)20(18-8-10-19(11-9-18)22(29)30-2)24-15-17-7-5-6-16(13-17)14-23/h5-11,13,20,24H,3-4,12,14-15,23H2,1-2H3. The van der Waals surface area contributed by atoms with Crippen LogP contribution < -0.4 is 11.1 Å². The fourth-order valence-corrected chi connectivity index (χ4v) is 3.26. The average Bonchev–Trinajstić information content (AvgIpc) is 3.26. The molecule has 0 saturated heterocycles. The molecule has 3 rings (SSSR count). The van der Waals surface area contributed by atoms with Crippen molar-refractivity contribution in [2.24, 2.45) is 5.73 Å². The fourth-order valence-electron chi connectivity index (χ4n) is 3.26. The van der Waals surface area contributed by atoms with Crippen LogP contribution in [0.4, 0.5) is 0 Å². The number of unbranched alkanes of at least 4 members (excludes halogenated alkanes) is 1. The number of benzene rings is 2. The van der Waals surface area contributed by atoms with Gasteiger partial charge in [-0.15, -0.1) is 5.10 Å². The minimum absolute atomic E-state index is 0.231. The van der Waals surface area contributed by atoms with Crippen LogP contribution in [-0.4, -0.2) is 33.3 Å². The Hall–Kier alpha value is -3.10. The molecule has 1 atom stereocenters. The molecule has 3 N–H and O–H groups in total. The zero-order chi connectivity index (χ0) is 21.3. The molecule has 8 nitrogen and oxygen atoms in total. The van der Waals surface area contributed by atoms with Gasteiger partial charge in [0.15, 0.2) is 5.82 Å². The van der Waals surface area contributed by atoms with E-state index in [-0.39, 0.29) is 12.0 Å². The van der Waals surface area contributed by atoms with E-state index < -0.39 is 0 Å². The molecule has 3 aromatic rings. The summed E-state index contributed by atoms with van der Waals surface area (Å²) in [5.74, 6) is 0.377. The van der Waals surface area contributed by atoms with E-state index in [1.54, 1.807) is 12.1 Å². The lowest BCUT2D eigenvalue weighted by Crippen LogP contribution is -2.26. The molecular weight excluding hydrogens is 380 g/mol. The van der Waals surface area contributed by atoms with Gasteiger partial charge in [-0.3, -0.25) is 5.32 Å². The van der Waals surface area contributed by atoms with Crippen LogP contribution in [0.5, 0.6) is 0 Å². The monoisotopic (exact) mass is 408 g/mol. The van der Waals surface area contributed by atoms with Crippen LogP contribution in [0.1, 0.15) is 58.7 Å². The lowest BCUT2D eigenvalue weighted by atomic mass is 10.0. The van der Waals surface area contributed by atoms with Gasteiger partial charge in [0.2, 0.25) is 0 Å². The van der Waals surface area contributed by atoms with Crippen LogP contribution in [0, 0.1) is 0 Å². The molecule has 1 aromatic heterocycles. The number of aryl methyl sites for hydroxylation is 1. The zero-order valence-electron chi connectivity index (χ0n) is 17.4. The van der Waals surface area contributed by atoms with E-state index in [0.717, 1.165) is 41.9 Å². The highest BCUT2D eigenvalue weighted by Gasteiger charge is 2.21. The van der Waals surface area contributed by atoms with Gasteiger partial charge in [-0.05, 0) is 45.7 Å². The second kappa shape index (κ2) is 10.6. The number of aromatic nitrogens is 4. The van der Waals surface area contributed by atoms with Gasteiger partial charge in [0, 0.05) is 19.6 Å². The zero-order valence-corrected chi connectivity index (χ0v) is 17.4. The summed E-state index contributed by atoms with van der Waals surface area (Å²) in [5.41, 5.74) is 9.45. The van der Waals surface area contributed by atoms with Crippen molar-refractivity contribution in [1.29, 1.82) is 0 Å². The minimum atomic E-state index is -0.363. The number of rotatable bonds is 10. The summed E-state index contributed by atoms with van der Waals surface area (Å²) >= 11 is 0. The molecule has 2 aromatic carbocycles. The lowest BCUT2D eigenvalue weighted by molar-refractivity contribution is 0.0600. The summed E-state index contributed by atoms with van der Waals surface area (Å²) < 4.78 is 6.64. The summed E-state index contributed by atoms with van der Waals surface area (Å²) in [6, 6.07) is 15.2. The van der Waals surface area contributed by atoms with Crippen LogP contribution in [0.3, 0.4) is 0 Å². The van der Waals surface area contributed by atoms with E-state index in [1.807, 2.05) is 28.9 Å². The van der Waals surface area contributed by atoms with E-state index in [1.165, 1.54) is 7.11 Å². The molecule has 0 bridgehead atoms. The van der Waals surface area contributed by atoms with Crippen molar-refractivity contribution >= 4 is 5.97 Å². The van der Waals surface area contributed by atoms with E-state index in [9.17, 15) is 4.79 Å². The smallest absolute Gasteiger partial charge is 0.337 e. The largest absolute Gasteiger partial charge is 0.465 e. The van der Waals surface area contributed by atoms with Gasteiger partial charge in [0.05, 0.1) is 18.7 Å². The predicted molar refractivity (Wildman–Crippen MR) is 114 cm³/mol. The Morgan fingerprint density at radius 1 is 1.20 bits per heavy atom. The summed E-state index contributed by atoms with van der Waals surface area (Å²) in [6.07, 6.45) is 2.04. The Labute approximate surface area is 176 Å². The maximum absolute atomic E-state index is 11.8. The number of esters is 1. The molecule has 30 heavy (non-hydrogen) atoms. The molecule has 0 fully saturated rings. The number of hydrogen-bond acceptors (Lipinski definition) is 7. The lowest BCUT2D eigenvalue weighted by Gasteiger charge is -2.19. The highest BCUT2D eigenvalue weighted by Crippen LogP contribution is 2.22. The topological polar surface area (TPSA) is 108 Å². The van der Waals surface area contributed by atoms with Gasteiger partial charge in [-0.1, -0.05) is 49.7 Å². The minimum Gasteiger partial charge on any atom is -0.465 e. The van der Waals surface area contributed by atoms with E-state index in [2.05, 4.69) is 39.9 Å². The first-order chi connectivity index (χ1) is 14.7. The third-order valence-corrected chi connectivity index (χ3v) is 4.94. The van der Waals surface area contributed by atoms with Gasteiger partial charge in [-0.25, -0.2) is 9.48 Å². The van der Waals surface area contributed by atoms with Crippen molar-refractivity contribution in [3.63, 3.8) is 0 Å². The van der Waals surface area contributed by atoms with Crippen LogP contribution in [0.25, 0.3) is 0 Å². The second-order valence-corrected chi connectivity index (χ2v) is 7.07. The molecule has 1 heterocycles. The maximum atomic E-state index is 11.8. The molecule has 0 saturated carbocycles. The third-order valence-electron chi connectivity index (χ3n) is 4.94. The molecule has 8 heteroatoms. The predicted octanol–water partition coefficient (Wildman–Crippen LogP) is 2.60. The number of nitrogens with two attached hydrogens (primary N) is 1.